The van der Waals surface area contributed by atoms with E-state index >= 15 is 0 Å². The van der Waals surface area contributed by atoms with Crippen molar-refractivity contribution in [3.63, 3.8) is 0 Å². The average Bonchev–Trinajstić information content (AvgIpc) is 2.91. The van der Waals surface area contributed by atoms with Crippen molar-refractivity contribution in [1.29, 1.82) is 0 Å². The zero-order chi connectivity index (χ0) is 13.5. The highest BCUT2D eigenvalue weighted by Gasteiger charge is 2.06. The molecule has 1 heterocycles. The first-order chi connectivity index (χ1) is 9.24. The van der Waals surface area contributed by atoms with Gasteiger partial charge in [0.2, 0.25) is 6.39 Å². The molecule has 0 spiro atoms. The van der Waals surface area contributed by atoms with Crippen LogP contribution in [0.3, 0.4) is 0 Å². The maximum atomic E-state index is 9.73. The first-order valence-electron chi connectivity index (χ1n) is 5.76. The minimum absolute atomic E-state index is 0.223. The fraction of sp³-hybridized carbons (Fsp3) is 0.333. The number of halogens is 1. The van der Waals surface area contributed by atoms with Crippen LogP contribution >= 0.6 is 15.9 Å². The van der Waals surface area contributed by atoms with Crippen molar-refractivity contribution < 1.29 is 14.4 Å². The van der Waals surface area contributed by atoms with Gasteiger partial charge in [-0.15, -0.1) is 0 Å². The summed E-state index contributed by atoms with van der Waals surface area (Å²) in [7, 11) is 0. The Morgan fingerprint density at radius 3 is 2.84 bits per heavy atom. The first kappa shape index (κ1) is 14.0. The molecule has 0 amide bonds. The number of aliphatic hydroxyl groups is 1. The molecule has 0 saturated heterocycles. The first-order valence-corrected chi connectivity index (χ1v) is 6.56. The molecular weight excluding hydrogens is 314 g/mol. The largest absolute Gasteiger partial charge is 0.491 e. The Bertz CT molecular complexity index is 475. The molecule has 102 valence electrons. The van der Waals surface area contributed by atoms with Crippen LogP contribution in [-0.4, -0.2) is 34.5 Å². The van der Waals surface area contributed by atoms with E-state index < -0.39 is 6.10 Å². The molecule has 0 fully saturated rings. The lowest BCUT2D eigenvalue weighted by Gasteiger charge is -2.12. The lowest BCUT2D eigenvalue weighted by molar-refractivity contribution is 0.106. The zero-order valence-electron chi connectivity index (χ0n) is 10.1. The van der Waals surface area contributed by atoms with E-state index in [1.165, 1.54) is 6.39 Å². The fourth-order valence-electron chi connectivity index (χ4n) is 1.40. The highest BCUT2D eigenvalue weighted by Crippen LogP contribution is 2.16. The number of hydrogen-bond donors (Lipinski definition) is 2. The van der Waals surface area contributed by atoms with Crippen LogP contribution in [0, 0.1) is 0 Å². The van der Waals surface area contributed by atoms with Crippen LogP contribution in [0.15, 0.2) is 39.7 Å². The summed E-state index contributed by atoms with van der Waals surface area (Å²) in [6, 6.07) is 7.44. The maximum absolute atomic E-state index is 9.73. The SMILES string of the molecule is OC(CNCc1ncon1)COc1ccc(Br)cc1. The van der Waals surface area contributed by atoms with Gasteiger partial charge in [0.25, 0.3) is 0 Å². The summed E-state index contributed by atoms with van der Waals surface area (Å²) in [5, 5.41) is 16.4. The number of aliphatic hydroxyl groups excluding tert-OH is 1. The molecule has 2 rings (SSSR count). The molecule has 1 unspecified atom stereocenters. The van der Waals surface area contributed by atoms with E-state index in [0.29, 0.717) is 18.9 Å². The van der Waals surface area contributed by atoms with Gasteiger partial charge < -0.3 is 19.7 Å². The number of hydrogen-bond acceptors (Lipinski definition) is 6. The number of benzene rings is 1. The molecular formula is C12H14BrN3O3. The number of rotatable bonds is 7. The molecule has 0 aliphatic carbocycles. The number of nitrogens with one attached hydrogen (secondary N) is 1. The van der Waals surface area contributed by atoms with Gasteiger partial charge in [-0.05, 0) is 24.3 Å². The molecule has 0 aliphatic rings. The summed E-state index contributed by atoms with van der Waals surface area (Å²) in [4.78, 5) is 3.86. The smallest absolute Gasteiger partial charge is 0.213 e. The monoisotopic (exact) mass is 327 g/mol. The summed E-state index contributed by atoms with van der Waals surface area (Å²) < 4.78 is 11.0. The summed E-state index contributed by atoms with van der Waals surface area (Å²) in [6.07, 6.45) is 0.667. The van der Waals surface area contributed by atoms with Crippen LogP contribution in [0.1, 0.15) is 5.82 Å². The van der Waals surface area contributed by atoms with Gasteiger partial charge in [0.1, 0.15) is 18.5 Å². The van der Waals surface area contributed by atoms with Gasteiger partial charge in [-0.25, -0.2) is 0 Å². The lowest BCUT2D eigenvalue weighted by Crippen LogP contribution is -2.31. The predicted molar refractivity (Wildman–Crippen MR) is 71.6 cm³/mol. The van der Waals surface area contributed by atoms with Crippen molar-refractivity contribution >= 4 is 15.9 Å². The highest BCUT2D eigenvalue weighted by molar-refractivity contribution is 9.10. The number of aromatic nitrogens is 2. The van der Waals surface area contributed by atoms with Crippen molar-refractivity contribution in [3.8, 4) is 5.75 Å². The van der Waals surface area contributed by atoms with Crippen LogP contribution in [0.25, 0.3) is 0 Å². The van der Waals surface area contributed by atoms with Crippen molar-refractivity contribution in [1.82, 2.24) is 15.5 Å². The molecule has 0 radical (unpaired) electrons. The molecule has 0 saturated carbocycles. The molecule has 7 heteroatoms. The Morgan fingerprint density at radius 2 is 2.16 bits per heavy atom. The van der Waals surface area contributed by atoms with Crippen LogP contribution in [0.5, 0.6) is 5.75 Å². The van der Waals surface area contributed by atoms with Crippen LogP contribution < -0.4 is 10.1 Å². The minimum atomic E-state index is -0.601. The standard InChI is InChI=1S/C12H14BrN3O3/c13-9-1-3-11(4-2-9)18-7-10(17)5-14-6-12-15-8-19-16-12/h1-4,8,10,14,17H,5-7H2. The molecule has 1 aromatic heterocycles. The van der Waals surface area contributed by atoms with E-state index in [9.17, 15) is 5.11 Å². The van der Waals surface area contributed by atoms with Gasteiger partial charge in [-0.2, -0.15) is 4.98 Å². The van der Waals surface area contributed by atoms with Crippen molar-refractivity contribution in [2.75, 3.05) is 13.2 Å². The molecule has 0 aliphatic heterocycles. The Kier molecular flexibility index (Phi) is 5.31. The van der Waals surface area contributed by atoms with Crippen LogP contribution in [0.4, 0.5) is 0 Å². The molecule has 2 N–H and O–H groups in total. The van der Waals surface area contributed by atoms with Crippen LogP contribution in [-0.2, 0) is 6.54 Å². The quantitative estimate of drug-likeness (QED) is 0.799. The Labute approximate surface area is 118 Å². The molecule has 0 bridgehead atoms. The van der Waals surface area contributed by atoms with E-state index in [2.05, 4.69) is 35.9 Å². The topological polar surface area (TPSA) is 80.4 Å². The van der Waals surface area contributed by atoms with Gasteiger partial charge in [0.15, 0.2) is 5.82 Å². The van der Waals surface area contributed by atoms with Gasteiger partial charge in [-0.3, -0.25) is 0 Å². The Balaban J connectivity index is 1.64. The minimum Gasteiger partial charge on any atom is -0.491 e. The second kappa shape index (κ2) is 7.22. The number of nitrogens with zero attached hydrogens (tertiary/aromatic N) is 2. The van der Waals surface area contributed by atoms with Crippen molar-refractivity contribution in [3.05, 3.63) is 41.0 Å². The third-order valence-electron chi connectivity index (χ3n) is 2.33. The van der Waals surface area contributed by atoms with Gasteiger partial charge in [0, 0.05) is 11.0 Å². The molecule has 1 aromatic carbocycles. The summed E-state index contributed by atoms with van der Waals surface area (Å²) >= 11 is 3.34. The molecule has 6 nitrogen and oxygen atoms in total. The fourth-order valence-corrected chi connectivity index (χ4v) is 1.67. The van der Waals surface area contributed by atoms with E-state index in [1.54, 1.807) is 0 Å². The summed E-state index contributed by atoms with van der Waals surface area (Å²) in [6.45, 7) is 1.07. The van der Waals surface area contributed by atoms with E-state index in [4.69, 9.17) is 4.74 Å². The summed E-state index contributed by atoms with van der Waals surface area (Å²) in [5.41, 5.74) is 0. The van der Waals surface area contributed by atoms with Gasteiger partial charge in [-0.1, -0.05) is 21.1 Å². The molecule has 19 heavy (non-hydrogen) atoms. The third-order valence-corrected chi connectivity index (χ3v) is 2.85. The van der Waals surface area contributed by atoms with E-state index in [-0.39, 0.29) is 6.61 Å². The molecule has 2 aromatic rings. The third kappa shape index (κ3) is 4.98. The Morgan fingerprint density at radius 1 is 1.37 bits per heavy atom. The van der Waals surface area contributed by atoms with E-state index in [1.807, 2.05) is 24.3 Å². The maximum Gasteiger partial charge on any atom is 0.213 e. The predicted octanol–water partition coefficient (Wildman–Crippen LogP) is 1.36. The zero-order valence-corrected chi connectivity index (χ0v) is 11.7. The highest BCUT2D eigenvalue weighted by atomic mass is 79.9. The Hall–Kier alpha value is -1.44. The second-order valence-corrected chi connectivity index (χ2v) is 4.81. The number of ether oxygens (including phenoxy) is 1. The second-order valence-electron chi connectivity index (χ2n) is 3.90. The normalized spacial score (nSPS) is 12.3. The van der Waals surface area contributed by atoms with E-state index in [0.717, 1.165) is 10.2 Å². The summed E-state index contributed by atoms with van der Waals surface area (Å²) in [5.74, 6) is 1.28. The van der Waals surface area contributed by atoms with Gasteiger partial charge >= 0.3 is 0 Å². The van der Waals surface area contributed by atoms with Crippen molar-refractivity contribution in [2.45, 2.75) is 12.6 Å². The molecule has 1 atom stereocenters. The van der Waals surface area contributed by atoms with Gasteiger partial charge in [0.05, 0.1) is 6.54 Å². The average molecular weight is 328 g/mol. The lowest BCUT2D eigenvalue weighted by atomic mass is 10.3. The van der Waals surface area contributed by atoms with Crippen LogP contribution in [0.2, 0.25) is 0 Å². The van der Waals surface area contributed by atoms with Crippen molar-refractivity contribution in [2.24, 2.45) is 0 Å².